The van der Waals surface area contributed by atoms with Crippen LogP contribution in [0.3, 0.4) is 0 Å². The van der Waals surface area contributed by atoms with Gasteiger partial charge in [-0.1, -0.05) is 29.4 Å². The van der Waals surface area contributed by atoms with Gasteiger partial charge in [-0.15, -0.1) is 0 Å². The molecule has 2 heterocycles. The fourth-order valence-corrected chi connectivity index (χ4v) is 5.29. The Morgan fingerprint density at radius 1 is 1.21 bits per heavy atom. The fourth-order valence-electron chi connectivity index (χ4n) is 5.29. The Kier molecular flexibility index (Phi) is 5.56. The molecule has 3 aliphatic rings. The average Bonchev–Trinajstić information content (AvgIpc) is 3.34. The summed E-state index contributed by atoms with van der Waals surface area (Å²) >= 11 is 0. The molecular formula is C24H20F6N6O2. The molecule has 0 spiro atoms. The number of hydrogen-bond donors (Lipinski definition) is 2. The van der Waals surface area contributed by atoms with Crippen LogP contribution < -0.4 is 11.1 Å². The third kappa shape index (κ3) is 3.97. The van der Waals surface area contributed by atoms with Crippen molar-refractivity contribution in [2.75, 3.05) is 11.1 Å². The first-order valence-corrected chi connectivity index (χ1v) is 11.5. The van der Waals surface area contributed by atoms with E-state index in [0.29, 0.717) is 21.5 Å². The lowest BCUT2D eigenvalue weighted by Crippen LogP contribution is -2.70. The Bertz CT molecular complexity index is 1430. The van der Waals surface area contributed by atoms with E-state index in [2.05, 4.69) is 15.6 Å². The molecule has 1 atom stereocenters. The minimum Gasteiger partial charge on any atom is -0.383 e. The molecule has 3 N–H and O–H groups in total. The standard InChI is InChI=1S/C24H20F6N6O2/c1-12(23(25,26)27)36-20(32)15(8-31)19(34-36)14-4-2-13(3-5-14)6-17(37)33-18-7-16(35-38-18)21-9-22(10-21,11-21)24(28,29)30/h2-5,7,12H,6,9-11,32H2,1H3,(H,33,37). The topological polar surface area (TPSA) is 123 Å². The summed E-state index contributed by atoms with van der Waals surface area (Å²) in [6.45, 7) is 0.876. The van der Waals surface area contributed by atoms with Crippen molar-refractivity contribution in [3.8, 4) is 17.3 Å². The van der Waals surface area contributed by atoms with Gasteiger partial charge in [-0.25, -0.2) is 4.68 Å². The van der Waals surface area contributed by atoms with Crippen LogP contribution in [0.1, 0.15) is 49.0 Å². The number of benzene rings is 1. The highest BCUT2D eigenvalue weighted by molar-refractivity contribution is 5.91. The van der Waals surface area contributed by atoms with Gasteiger partial charge >= 0.3 is 12.4 Å². The summed E-state index contributed by atoms with van der Waals surface area (Å²) in [6, 6.07) is 7.27. The maximum Gasteiger partial charge on any atom is 0.410 e. The Morgan fingerprint density at radius 3 is 2.39 bits per heavy atom. The van der Waals surface area contributed by atoms with E-state index < -0.39 is 40.9 Å². The molecule has 0 aliphatic heterocycles. The summed E-state index contributed by atoms with van der Waals surface area (Å²) in [7, 11) is 0. The number of nitriles is 1. The van der Waals surface area contributed by atoms with Crippen LogP contribution in [0, 0.1) is 16.7 Å². The van der Waals surface area contributed by atoms with E-state index in [9.17, 15) is 36.4 Å². The van der Waals surface area contributed by atoms with Gasteiger partial charge < -0.3 is 10.3 Å². The smallest absolute Gasteiger partial charge is 0.383 e. The van der Waals surface area contributed by atoms with E-state index in [1.807, 2.05) is 0 Å². The second-order valence-electron chi connectivity index (χ2n) is 9.97. The minimum absolute atomic E-state index is 0.0193. The molecule has 3 aliphatic carbocycles. The minimum atomic E-state index is -4.62. The van der Waals surface area contributed by atoms with Gasteiger partial charge in [-0.3, -0.25) is 10.1 Å². The van der Waals surface area contributed by atoms with Crippen LogP contribution in [-0.2, 0) is 16.6 Å². The number of alkyl halides is 6. The molecule has 6 rings (SSSR count). The van der Waals surface area contributed by atoms with E-state index in [4.69, 9.17) is 10.3 Å². The number of aromatic nitrogens is 3. The molecule has 8 nitrogen and oxygen atoms in total. The summed E-state index contributed by atoms with van der Waals surface area (Å²) in [4.78, 5) is 12.5. The lowest BCUT2D eigenvalue weighted by Gasteiger charge is -2.69. The molecule has 38 heavy (non-hydrogen) atoms. The number of nitrogens with two attached hydrogens (primary N) is 1. The van der Waals surface area contributed by atoms with Crippen molar-refractivity contribution in [1.82, 2.24) is 14.9 Å². The molecule has 3 fully saturated rings. The van der Waals surface area contributed by atoms with E-state index >= 15 is 0 Å². The van der Waals surface area contributed by atoms with Crippen LogP contribution in [0.5, 0.6) is 0 Å². The number of nitrogen functional groups attached to an aromatic ring is 1. The normalized spacial score (nSPS) is 23.2. The van der Waals surface area contributed by atoms with Gasteiger partial charge in [0.25, 0.3) is 0 Å². The quantitative estimate of drug-likeness (QED) is 0.412. The summed E-state index contributed by atoms with van der Waals surface area (Å²) in [5.41, 5.74) is 4.50. The zero-order valence-corrected chi connectivity index (χ0v) is 19.7. The van der Waals surface area contributed by atoms with Gasteiger partial charge in [0.15, 0.2) is 0 Å². The second-order valence-corrected chi connectivity index (χ2v) is 9.97. The molecule has 2 bridgehead atoms. The number of nitrogens with one attached hydrogen (secondary N) is 1. The number of carbonyl (C=O) groups excluding carboxylic acids is 1. The largest absolute Gasteiger partial charge is 0.410 e. The Labute approximate surface area is 211 Å². The van der Waals surface area contributed by atoms with E-state index in [-0.39, 0.29) is 42.8 Å². The first-order valence-electron chi connectivity index (χ1n) is 11.5. The molecule has 3 saturated carbocycles. The predicted octanol–water partition coefficient (Wildman–Crippen LogP) is 5.28. The highest BCUT2D eigenvalue weighted by Crippen LogP contribution is 2.78. The number of anilines is 2. The van der Waals surface area contributed by atoms with Crippen LogP contribution in [0.4, 0.5) is 38.0 Å². The molecular weight excluding hydrogens is 518 g/mol. The lowest BCUT2D eigenvalue weighted by atomic mass is 9.34. The van der Waals surface area contributed by atoms with Crippen molar-refractivity contribution < 1.29 is 35.7 Å². The van der Waals surface area contributed by atoms with Gasteiger partial charge in [-0.05, 0) is 31.7 Å². The third-order valence-electron chi connectivity index (χ3n) is 7.44. The number of rotatable bonds is 6. The van der Waals surface area contributed by atoms with Gasteiger partial charge in [0, 0.05) is 17.0 Å². The third-order valence-corrected chi connectivity index (χ3v) is 7.44. The van der Waals surface area contributed by atoms with Gasteiger partial charge in [0.1, 0.15) is 29.2 Å². The molecule has 14 heteroatoms. The van der Waals surface area contributed by atoms with Crippen molar-refractivity contribution in [2.45, 2.75) is 56.4 Å². The fraction of sp³-hybridized carbons (Fsp3) is 0.417. The zero-order chi connectivity index (χ0) is 27.7. The predicted molar refractivity (Wildman–Crippen MR) is 120 cm³/mol. The molecule has 0 radical (unpaired) electrons. The molecule has 1 unspecified atom stereocenters. The SMILES string of the molecule is CC(n1nc(-c2ccc(CC(=O)Nc3cc(C45CC(C(F)(F)F)(C4)C5)no3)cc2)c(C#N)c1N)C(F)(F)F. The van der Waals surface area contributed by atoms with Crippen molar-refractivity contribution in [3.05, 3.63) is 47.2 Å². The van der Waals surface area contributed by atoms with Crippen LogP contribution in [-0.4, -0.2) is 33.2 Å². The molecule has 0 saturated heterocycles. The van der Waals surface area contributed by atoms with Crippen molar-refractivity contribution in [1.29, 1.82) is 5.26 Å². The van der Waals surface area contributed by atoms with Crippen LogP contribution >= 0.6 is 0 Å². The Morgan fingerprint density at radius 2 is 1.84 bits per heavy atom. The van der Waals surface area contributed by atoms with Gasteiger partial charge in [-0.2, -0.15) is 36.7 Å². The molecule has 1 aromatic carbocycles. The summed E-state index contributed by atoms with van der Waals surface area (Å²) < 4.78 is 84.3. The highest BCUT2D eigenvalue weighted by Gasteiger charge is 2.79. The van der Waals surface area contributed by atoms with Crippen molar-refractivity contribution in [2.24, 2.45) is 5.41 Å². The summed E-state index contributed by atoms with van der Waals surface area (Å²) in [5, 5.41) is 19.7. The Balaban J connectivity index is 1.23. The lowest BCUT2D eigenvalue weighted by molar-refractivity contribution is -0.338. The highest BCUT2D eigenvalue weighted by atomic mass is 19.4. The second kappa shape index (κ2) is 8.24. The van der Waals surface area contributed by atoms with Gasteiger partial charge in [0.2, 0.25) is 11.8 Å². The first-order chi connectivity index (χ1) is 17.7. The number of hydrogen-bond acceptors (Lipinski definition) is 6. The van der Waals surface area contributed by atoms with Crippen molar-refractivity contribution in [3.63, 3.8) is 0 Å². The maximum absolute atomic E-state index is 13.1. The van der Waals surface area contributed by atoms with Crippen molar-refractivity contribution >= 4 is 17.6 Å². The van der Waals surface area contributed by atoms with E-state index in [1.54, 1.807) is 18.2 Å². The number of nitrogens with zero attached hydrogens (tertiary/aromatic N) is 4. The zero-order valence-electron chi connectivity index (χ0n) is 19.7. The van der Waals surface area contributed by atoms with E-state index in [0.717, 1.165) is 6.92 Å². The summed E-state index contributed by atoms with van der Waals surface area (Å²) in [6.07, 6.45) is -9.08. The van der Waals surface area contributed by atoms with Gasteiger partial charge in [0.05, 0.1) is 17.5 Å². The molecule has 2 aromatic heterocycles. The van der Waals surface area contributed by atoms with Crippen LogP contribution in [0.15, 0.2) is 34.9 Å². The Hall–Kier alpha value is -4.02. The number of carbonyl (C=O) groups is 1. The number of halogens is 6. The molecule has 3 aromatic rings. The van der Waals surface area contributed by atoms with Crippen LogP contribution in [0.25, 0.3) is 11.3 Å². The maximum atomic E-state index is 13.1. The summed E-state index contributed by atoms with van der Waals surface area (Å²) in [5.74, 6) is -0.865. The van der Waals surface area contributed by atoms with E-state index in [1.165, 1.54) is 18.2 Å². The monoisotopic (exact) mass is 538 g/mol. The molecule has 200 valence electrons. The molecule has 1 amide bonds. The first kappa shape index (κ1) is 25.6. The average molecular weight is 538 g/mol. The van der Waals surface area contributed by atoms with Crippen LogP contribution in [0.2, 0.25) is 0 Å². The number of amides is 1.